The lowest BCUT2D eigenvalue weighted by atomic mass is 10.1. The number of hydrogen-bond acceptors (Lipinski definition) is 4. The van der Waals surface area contributed by atoms with E-state index in [1.165, 1.54) is 19.2 Å². The first kappa shape index (κ1) is 25.3. The van der Waals surface area contributed by atoms with Crippen LogP contribution >= 0.6 is 0 Å². The van der Waals surface area contributed by atoms with Crippen molar-refractivity contribution in [2.24, 2.45) is 0 Å². The summed E-state index contributed by atoms with van der Waals surface area (Å²) in [4.78, 5) is 24.8. The van der Waals surface area contributed by atoms with Crippen LogP contribution in [0, 0.1) is 5.82 Å². The van der Waals surface area contributed by atoms with E-state index in [4.69, 9.17) is 0 Å². The number of benzene rings is 2. The number of carbonyl (C=O) groups is 2. The van der Waals surface area contributed by atoms with Gasteiger partial charge < -0.3 is 16.0 Å². The van der Waals surface area contributed by atoms with Crippen LogP contribution < -0.4 is 20.7 Å². The molecule has 0 bridgehead atoms. The van der Waals surface area contributed by atoms with E-state index in [0.717, 1.165) is 11.1 Å². The number of halogens is 1. The van der Waals surface area contributed by atoms with E-state index in [2.05, 4.69) is 20.7 Å². The third-order valence-electron chi connectivity index (χ3n) is 4.72. The van der Waals surface area contributed by atoms with Gasteiger partial charge in [0.25, 0.3) is 0 Å². The molecule has 2 aromatic rings. The maximum absolute atomic E-state index is 13.0. The summed E-state index contributed by atoms with van der Waals surface area (Å²) in [7, 11) is -1.98. The molecule has 0 heterocycles. The first-order valence-electron chi connectivity index (χ1n) is 10.3. The second-order valence-electron chi connectivity index (χ2n) is 7.29. The predicted octanol–water partition coefficient (Wildman–Crippen LogP) is 2.16. The summed E-state index contributed by atoms with van der Waals surface area (Å²) < 4.78 is 38.4. The molecule has 10 heteroatoms. The summed E-state index contributed by atoms with van der Waals surface area (Å²) in [5.74, 6) is -0.785. The average Bonchev–Trinajstić information content (AvgIpc) is 2.77. The quantitative estimate of drug-likeness (QED) is 0.408. The van der Waals surface area contributed by atoms with Gasteiger partial charge in [-0.15, -0.1) is 0 Å². The number of rotatable bonds is 11. The van der Waals surface area contributed by atoms with Gasteiger partial charge in [0, 0.05) is 13.1 Å². The Morgan fingerprint density at radius 2 is 1.44 bits per heavy atom. The zero-order chi connectivity index (χ0) is 23.6. The van der Waals surface area contributed by atoms with Gasteiger partial charge in [-0.05, 0) is 42.3 Å². The minimum absolute atomic E-state index is 0.119. The minimum atomic E-state index is -3.35. The van der Waals surface area contributed by atoms with Crippen molar-refractivity contribution in [1.82, 2.24) is 20.7 Å². The highest BCUT2D eigenvalue weighted by Crippen LogP contribution is 2.08. The molecule has 2 rings (SSSR count). The molecule has 0 aliphatic rings. The van der Waals surface area contributed by atoms with E-state index in [1.54, 1.807) is 36.4 Å². The average molecular weight is 465 g/mol. The first-order chi connectivity index (χ1) is 15.2. The van der Waals surface area contributed by atoms with Crippen molar-refractivity contribution >= 4 is 22.0 Å². The first-order valence-corrected chi connectivity index (χ1v) is 11.9. The molecule has 2 aromatic carbocycles. The van der Waals surface area contributed by atoms with Crippen molar-refractivity contribution in [2.45, 2.75) is 44.6 Å². The monoisotopic (exact) mass is 464 g/mol. The van der Waals surface area contributed by atoms with Crippen LogP contribution in [0.5, 0.6) is 0 Å². The maximum atomic E-state index is 13.0. The highest BCUT2D eigenvalue weighted by molar-refractivity contribution is 7.88. The van der Waals surface area contributed by atoms with Gasteiger partial charge in [-0.2, -0.15) is 0 Å². The summed E-state index contributed by atoms with van der Waals surface area (Å²) in [5, 5.41) is 8.12. The Balaban J connectivity index is 1.85. The smallest absolute Gasteiger partial charge is 0.315 e. The Labute approximate surface area is 188 Å². The Hall–Kier alpha value is -2.98. The van der Waals surface area contributed by atoms with Crippen molar-refractivity contribution in [2.75, 3.05) is 7.05 Å². The molecule has 0 aliphatic heterocycles. The molecule has 1 atom stereocenters. The topological polar surface area (TPSA) is 116 Å². The van der Waals surface area contributed by atoms with Crippen molar-refractivity contribution in [3.63, 3.8) is 0 Å². The molecule has 8 nitrogen and oxygen atoms in total. The number of sulfonamides is 1. The minimum Gasteiger partial charge on any atom is -0.350 e. The highest BCUT2D eigenvalue weighted by Gasteiger charge is 2.19. The molecular weight excluding hydrogens is 435 g/mol. The Kier molecular flexibility index (Phi) is 9.61. The second kappa shape index (κ2) is 12.2. The fourth-order valence-electron chi connectivity index (χ4n) is 2.91. The summed E-state index contributed by atoms with van der Waals surface area (Å²) in [6, 6.07) is 11.5. The lowest BCUT2D eigenvalue weighted by Gasteiger charge is -2.18. The molecule has 174 valence electrons. The van der Waals surface area contributed by atoms with Crippen LogP contribution in [0.15, 0.2) is 48.5 Å². The molecule has 3 amide bonds. The molecule has 0 spiro atoms. The van der Waals surface area contributed by atoms with Crippen LogP contribution in [-0.2, 0) is 33.7 Å². The molecule has 0 aliphatic carbocycles. The summed E-state index contributed by atoms with van der Waals surface area (Å²) in [6.45, 7) is 2.37. The molecule has 32 heavy (non-hydrogen) atoms. The number of amides is 3. The molecule has 0 radical (unpaired) electrons. The van der Waals surface area contributed by atoms with Crippen molar-refractivity contribution in [3.8, 4) is 0 Å². The normalized spacial score (nSPS) is 12.1. The lowest BCUT2D eigenvalue weighted by molar-refractivity contribution is -0.123. The van der Waals surface area contributed by atoms with Gasteiger partial charge in [0.2, 0.25) is 15.9 Å². The Morgan fingerprint density at radius 1 is 0.906 bits per heavy atom. The molecular formula is C22H29FN4O4S. The van der Waals surface area contributed by atoms with E-state index >= 15 is 0 Å². The van der Waals surface area contributed by atoms with Crippen molar-refractivity contribution < 1.29 is 22.4 Å². The number of carbonyl (C=O) groups excluding carboxylic acids is 2. The van der Waals surface area contributed by atoms with Crippen LogP contribution in [-0.4, -0.2) is 33.4 Å². The van der Waals surface area contributed by atoms with E-state index in [0.29, 0.717) is 18.4 Å². The summed E-state index contributed by atoms with van der Waals surface area (Å²) >= 11 is 0. The van der Waals surface area contributed by atoms with Gasteiger partial charge in [0.05, 0.1) is 5.75 Å². The van der Waals surface area contributed by atoms with Crippen LogP contribution in [0.1, 0.15) is 36.5 Å². The zero-order valence-electron chi connectivity index (χ0n) is 18.2. The second-order valence-corrected chi connectivity index (χ2v) is 9.22. The van der Waals surface area contributed by atoms with Crippen LogP contribution in [0.2, 0.25) is 0 Å². The fraction of sp³-hybridized carbons (Fsp3) is 0.364. The standard InChI is InChI=1S/C22H29FN4O4S/c1-3-4-20(27-22(29)26-14-17-9-11-19(23)12-10-17)21(28)25-13-16-5-7-18(8-6-16)15-32(30,31)24-2/h5-12,20,24H,3-4,13-15H2,1-2H3,(H,25,28)(H2,26,27,29). The van der Waals surface area contributed by atoms with Crippen molar-refractivity contribution in [3.05, 3.63) is 71.0 Å². The number of hydrogen-bond donors (Lipinski definition) is 4. The molecule has 4 N–H and O–H groups in total. The molecule has 1 unspecified atom stereocenters. The van der Waals surface area contributed by atoms with Crippen LogP contribution in [0.4, 0.5) is 9.18 Å². The molecule has 0 fully saturated rings. The fourth-order valence-corrected chi connectivity index (χ4v) is 3.68. The molecule has 0 aromatic heterocycles. The Morgan fingerprint density at radius 3 is 2.00 bits per heavy atom. The highest BCUT2D eigenvalue weighted by atomic mass is 32.2. The van der Waals surface area contributed by atoms with Gasteiger partial charge in [-0.25, -0.2) is 22.3 Å². The third-order valence-corrected chi connectivity index (χ3v) is 6.06. The Bertz CT molecular complexity index is 996. The van der Waals surface area contributed by atoms with Gasteiger partial charge in [0.15, 0.2) is 0 Å². The molecule has 0 saturated carbocycles. The lowest BCUT2D eigenvalue weighted by Crippen LogP contribution is -2.49. The third kappa shape index (κ3) is 8.64. The maximum Gasteiger partial charge on any atom is 0.315 e. The summed E-state index contributed by atoms with van der Waals surface area (Å²) in [6.07, 6.45) is 1.17. The van der Waals surface area contributed by atoms with Gasteiger partial charge in [-0.3, -0.25) is 4.79 Å². The van der Waals surface area contributed by atoms with Crippen molar-refractivity contribution in [1.29, 1.82) is 0 Å². The van der Waals surface area contributed by atoms with Gasteiger partial charge in [0.1, 0.15) is 11.9 Å². The van der Waals surface area contributed by atoms with E-state index in [1.807, 2.05) is 6.92 Å². The van der Waals surface area contributed by atoms with Gasteiger partial charge in [-0.1, -0.05) is 49.7 Å². The SMILES string of the molecule is CCCC(NC(=O)NCc1ccc(F)cc1)C(=O)NCc1ccc(CS(=O)(=O)NC)cc1. The molecule has 0 saturated heterocycles. The van der Waals surface area contributed by atoms with Crippen LogP contribution in [0.3, 0.4) is 0 Å². The van der Waals surface area contributed by atoms with Gasteiger partial charge >= 0.3 is 6.03 Å². The number of urea groups is 1. The van der Waals surface area contributed by atoms with E-state index < -0.39 is 22.1 Å². The number of nitrogens with one attached hydrogen (secondary N) is 4. The van der Waals surface area contributed by atoms with E-state index in [-0.39, 0.29) is 30.6 Å². The zero-order valence-corrected chi connectivity index (χ0v) is 19.0. The predicted molar refractivity (Wildman–Crippen MR) is 120 cm³/mol. The van der Waals surface area contributed by atoms with E-state index in [9.17, 15) is 22.4 Å². The summed E-state index contributed by atoms with van der Waals surface area (Å²) in [5.41, 5.74) is 2.18. The van der Waals surface area contributed by atoms with Crippen LogP contribution in [0.25, 0.3) is 0 Å². The largest absolute Gasteiger partial charge is 0.350 e.